The topological polar surface area (TPSA) is 38.7 Å². The summed E-state index contributed by atoms with van der Waals surface area (Å²) in [5.74, 6) is 1.34. The average Bonchev–Trinajstić information content (AvgIpc) is 2.23. The molecule has 3 nitrogen and oxygen atoms in total. The van der Waals surface area contributed by atoms with Crippen molar-refractivity contribution in [2.45, 2.75) is 13.3 Å². The predicted octanol–water partition coefficient (Wildman–Crippen LogP) is 2.45. The van der Waals surface area contributed by atoms with E-state index in [4.69, 9.17) is 9.47 Å². The molecule has 0 unspecified atom stereocenters. The van der Waals surface area contributed by atoms with E-state index in [0.29, 0.717) is 17.9 Å². The minimum atomic E-state index is 0.163. The first-order chi connectivity index (χ1) is 7.15. The molecule has 0 aliphatic heterocycles. The number of hydrogen-bond donors (Lipinski definition) is 1. The third-order valence-corrected chi connectivity index (χ3v) is 2.32. The van der Waals surface area contributed by atoms with Crippen molar-refractivity contribution in [2.75, 3.05) is 14.2 Å². The van der Waals surface area contributed by atoms with Gasteiger partial charge in [-0.2, -0.15) is 0 Å². The molecule has 3 heteroatoms. The van der Waals surface area contributed by atoms with E-state index in [1.54, 1.807) is 19.3 Å². The first kappa shape index (κ1) is 11.4. The summed E-state index contributed by atoms with van der Waals surface area (Å²) in [7, 11) is 3.12. The van der Waals surface area contributed by atoms with Gasteiger partial charge in [-0.25, -0.2) is 0 Å². The van der Waals surface area contributed by atoms with E-state index < -0.39 is 0 Å². The van der Waals surface area contributed by atoms with E-state index in [9.17, 15) is 5.11 Å². The normalized spacial score (nSPS) is 9.80. The predicted molar refractivity (Wildman–Crippen MR) is 59.8 cm³/mol. The largest absolute Gasteiger partial charge is 0.504 e. The molecule has 1 aromatic rings. The van der Waals surface area contributed by atoms with E-state index in [0.717, 1.165) is 11.1 Å². The van der Waals surface area contributed by atoms with Crippen LogP contribution in [0.25, 0.3) is 0 Å². The van der Waals surface area contributed by atoms with Gasteiger partial charge in [0.05, 0.1) is 14.2 Å². The zero-order valence-corrected chi connectivity index (χ0v) is 9.33. The first-order valence-corrected chi connectivity index (χ1v) is 4.70. The van der Waals surface area contributed by atoms with Crippen LogP contribution in [0.5, 0.6) is 17.2 Å². The van der Waals surface area contributed by atoms with Crippen LogP contribution in [0.15, 0.2) is 18.7 Å². The van der Waals surface area contributed by atoms with Crippen molar-refractivity contribution in [2.24, 2.45) is 0 Å². The Morgan fingerprint density at radius 1 is 1.40 bits per heavy atom. The molecule has 1 N–H and O–H groups in total. The second-order valence-corrected chi connectivity index (χ2v) is 3.24. The minimum absolute atomic E-state index is 0.163. The highest BCUT2D eigenvalue weighted by Gasteiger charge is 2.14. The summed E-state index contributed by atoms with van der Waals surface area (Å²) >= 11 is 0. The molecule has 0 aliphatic rings. The molecule has 0 saturated heterocycles. The van der Waals surface area contributed by atoms with E-state index >= 15 is 0 Å². The van der Waals surface area contributed by atoms with E-state index in [1.165, 1.54) is 7.11 Å². The Balaban J connectivity index is 3.36. The third kappa shape index (κ3) is 2.06. The highest BCUT2D eigenvalue weighted by atomic mass is 16.5. The fraction of sp³-hybridized carbons (Fsp3) is 0.333. The molecule has 0 heterocycles. The zero-order valence-electron chi connectivity index (χ0n) is 9.33. The van der Waals surface area contributed by atoms with Crippen molar-refractivity contribution in [1.29, 1.82) is 0 Å². The molecule has 0 aliphatic carbocycles. The van der Waals surface area contributed by atoms with Crippen LogP contribution in [0.4, 0.5) is 0 Å². The van der Waals surface area contributed by atoms with Gasteiger partial charge in [0.1, 0.15) is 5.75 Å². The Morgan fingerprint density at radius 3 is 2.53 bits per heavy atom. The fourth-order valence-corrected chi connectivity index (χ4v) is 1.54. The number of allylic oxidation sites excluding steroid dienone is 1. The van der Waals surface area contributed by atoms with Gasteiger partial charge in [0.2, 0.25) is 0 Å². The Morgan fingerprint density at radius 2 is 2.07 bits per heavy atom. The van der Waals surface area contributed by atoms with Crippen molar-refractivity contribution < 1.29 is 14.6 Å². The van der Waals surface area contributed by atoms with Crippen LogP contribution in [0.1, 0.15) is 11.1 Å². The number of phenolic OH excluding ortho intramolecular Hbond substituents is 1. The molecule has 0 atom stereocenters. The van der Waals surface area contributed by atoms with Gasteiger partial charge in [-0.3, -0.25) is 0 Å². The lowest BCUT2D eigenvalue weighted by Crippen LogP contribution is -1.96. The lowest BCUT2D eigenvalue weighted by Gasteiger charge is -2.14. The quantitative estimate of drug-likeness (QED) is 0.772. The maximum atomic E-state index is 9.89. The summed E-state index contributed by atoms with van der Waals surface area (Å²) in [6, 6.07) is 1.80. The molecule has 0 radical (unpaired) electrons. The van der Waals surface area contributed by atoms with E-state index in [2.05, 4.69) is 6.58 Å². The summed E-state index contributed by atoms with van der Waals surface area (Å²) in [4.78, 5) is 0. The zero-order chi connectivity index (χ0) is 11.4. The monoisotopic (exact) mass is 208 g/mol. The van der Waals surface area contributed by atoms with Crippen LogP contribution in [-0.4, -0.2) is 19.3 Å². The molecule has 1 rings (SSSR count). The number of aromatic hydroxyl groups is 1. The van der Waals surface area contributed by atoms with Crippen molar-refractivity contribution >= 4 is 0 Å². The molecular formula is C12H16O3. The number of rotatable bonds is 4. The van der Waals surface area contributed by atoms with Crippen LogP contribution < -0.4 is 9.47 Å². The van der Waals surface area contributed by atoms with Crippen LogP contribution in [0.3, 0.4) is 0 Å². The Kier molecular flexibility index (Phi) is 3.61. The summed E-state index contributed by atoms with van der Waals surface area (Å²) in [6.45, 7) is 5.48. The van der Waals surface area contributed by atoms with Crippen molar-refractivity contribution in [3.63, 3.8) is 0 Å². The molecule has 0 aromatic heterocycles. The molecule has 0 amide bonds. The first-order valence-electron chi connectivity index (χ1n) is 4.70. The minimum Gasteiger partial charge on any atom is -0.504 e. The molecular weight excluding hydrogens is 192 g/mol. The molecule has 1 aromatic carbocycles. The van der Waals surface area contributed by atoms with Crippen LogP contribution in [-0.2, 0) is 6.42 Å². The highest BCUT2D eigenvalue weighted by Crippen LogP contribution is 2.39. The second kappa shape index (κ2) is 4.73. The number of phenols is 1. The molecule has 0 spiro atoms. The summed E-state index contributed by atoms with van der Waals surface area (Å²) < 4.78 is 10.3. The molecule has 0 bridgehead atoms. The van der Waals surface area contributed by atoms with Gasteiger partial charge in [-0.1, -0.05) is 6.08 Å². The fourth-order valence-electron chi connectivity index (χ4n) is 1.54. The Labute approximate surface area is 90.0 Å². The maximum Gasteiger partial charge on any atom is 0.167 e. The van der Waals surface area contributed by atoms with Crippen LogP contribution >= 0.6 is 0 Å². The summed E-state index contributed by atoms with van der Waals surface area (Å²) in [5, 5.41) is 9.89. The van der Waals surface area contributed by atoms with Gasteiger partial charge in [0, 0.05) is 11.1 Å². The van der Waals surface area contributed by atoms with Crippen molar-refractivity contribution in [3.8, 4) is 17.2 Å². The summed E-state index contributed by atoms with van der Waals surface area (Å²) in [5.41, 5.74) is 1.55. The van der Waals surface area contributed by atoms with Crippen molar-refractivity contribution in [3.05, 3.63) is 29.8 Å². The Bertz CT molecular complexity index is 370. The molecule has 82 valence electrons. The average molecular weight is 208 g/mol. The van der Waals surface area contributed by atoms with E-state index in [-0.39, 0.29) is 5.75 Å². The van der Waals surface area contributed by atoms with Gasteiger partial charge in [-0.15, -0.1) is 6.58 Å². The molecule has 15 heavy (non-hydrogen) atoms. The number of ether oxygens (including phenoxy) is 2. The van der Waals surface area contributed by atoms with E-state index in [1.807, 2.05) is 6.92 Å². The number of methoxy groups -OCH3 is 2. The molecule has 0 fully saturated rings. The van der Waals surface area contributed by atoms with Gasteiger partial charge in [-0.05, 0) is 19.4 Å². The number of hydrogen-bond acceptors (Lipinski definition) is 3. The number of benzene rings is 1. The standard InChI is InChI=1S/C12H16O3/c1-5-6-9-7-10(14-3)8(2)12(15-4)11(9)13/h5,7,13H,1,6H2,2-4H3. The summed E-state index contributed by atoms with van der Waals surface area (Å²) in [6.07, 6.45) is 2.31. The van der Waals surface area contributed by atoms with Gasteiger partial charge in [0.25, 0.3) is 0 Å². The lowest BCUT2D eigenvalue weighted by atomic mass is 10.1. The van der Waals surface area contributed by atoms with Crippen molar-refractivity contribution in [1.82, 2.24) is 0 Å². The second-order valence-electron chi connectivity index (χ2n) is 3.24. The lowest BCUT2D eigenvalue weighted by molar-refractivity contribution is 0.357. The SMILES string of the molecule is C=CCc1cc(OC)c(C)c(OC)c1O. The highest BCUT2D eigenvalue weighted by molar-refractivity contribution is 5.57. The maximum absolute atomic E-state index is 9.89. The van der Waals surface area contributed by atoms with Gasteiger partial charge >= 0.3 is 0 Å². The van der Waals surface area contributed by atoms with Gasteiger partial charge < -0.3 is 14.6 Å². The third-order valence-electron chi connectivity index (χ3n) is 2.32. The van der Waals surface area contributed by atoms with Crippen LogP contribution in [0.2, 0.25) is 0 Å². The smallest absolute Gasteiger partial charge is 0.167 e. The Hall–Kier alpha value is -1.64. The van der Waals surface area contributed by atoms with Gasteiger partial charge in [0.15, 0.2) is 11.5 Å². The van der Waals surface area contributed by atoms with Crippen LogP contribution in [0, 0.1) is 6.92 Å². The molecule has 0 saturated carbocycles.